The third kappa shape index (κ3) is 1.92. The van der Waals surface area contributed by atoms with Crippen LogP contribution in [0.15, 0.2) is 24.3 Å². The molecule has 0 heterocycles. The molecule has 0 aromatic heterocycles. The molecule has 0 aliphatic rings. The predicted octanol–water partition coefficient (Wildman–Crippen LogP) is 2.50. The van der Waals surface area contributed by atoms with Crippen molar-refractivity contribution in [2.24, 2.45) is 0 Å². The predicted molar refractivity (Wildman–Crippen MR) is 50.6 cm³/mol. The minimum Gasteiger partial charge on any atom is -0.391 e. The molecule has 0 fully saturated rings. The molecule has 0 aliphatic carbocycles. The molecule has 0 amide bonds. The Morgan fingerprint density at radius 2 is 2.09 bits per heavy atom. The maximum absolute atomic E-state index is 11.0. The fourth-order valence-electron chi connectivity index (χ4n) is 0.843. The van der Waals surface area contributed by atoms with E-state index in [2.05, 4.69) is 3.07 Å². The summed E-state index contributed by atoms with van der Waals surface area (Å²) in [6, 6.07) is 7.33. The van der Waals surface area contributed by atoms with Gasteiger partial charge in [0.2, 0.25) is 0 Å². The van der Waals surface area contributed by atoms with Gasteiger partial charge in [0.05, 0.1) is 5.56 Å². The number of carbonyl (C=O) groups excluding carboxylic acids is 1. The summed E-state index contributed by atoms with van der Waals surface area (Å²) in [6.07, 6.45) is 0. The van der Waals surface area contributed by atoms with Crippen LogP contribution in [0.5, 0.6) is 0 Å². The molecule has 0 atom stereocenters. The highest BCUT2D eigenvalue weighted by Gasteiger charge is 2.06. The number of hydrogen-bond donors (Lipinski definition) is 0. The van der Waals surface area contributed by atoms with E-state index < -0.39 is 0 Å². The van der Waals surface area contributed by atoms with Crippen molar-refractivity contribution < 1.29 is 7.86 Å². The number of aryl methyl sites for hydroxylation is 1. The molecular weight excluding hydrogens is 255 g/mol. The Kier molecular flexibility index (Phi) is 2.87. The molecule has 0 spiro atoms. The maximum Gasteiger partial charge on any atom is 0.347 e. The SMILES string of the molecule is Cc1ccccc1C(=O)OI. The van der Waals surface area contributed by atoms with Gasteiger partial charge in [0.25, 0.3) is 0 Å². The van der Waals surface area contributed by atoms with Gasteiger partial charge in [-0.15, -0.1) is 0 Å². The van der Waals surface area contributed by atoms with E-state index in [9.17, 15) is 4.79 Å². The zero-order valence-electron chi connectivity index (χ0n) is 6.00. The van der Waals surface area contributed by atoms with Crippen LogP contribution in [0.3, 0.4) is 0 Å². The molecule has 11 heavy (non-hydrogen) atoms. The van der Waals surface area contributed by atoms with Gasteiger partial charge in [-0.25, -0.2) is 4.79 Å². The third-order valence-electron chi connectivity index (χ3n) is 1.44. The lowest BCUT2D eigenvalue weighted by molar-refractivity contribution is 0.0799. The molecule has 0 saturated heterocycles. The van der Waals surface area contributed by atoms with Crippen LogP contribution < -0.4 is 0 Å². The average molecular weight is 262 g/mol. The highest BCUT2D eigenvalue weighted by Crippen LogP contribution is 2.09. The van der Waals surface area contributed by atoms with E-state index in [4.69, 9.17) is 0 Å². The number of benzene rings is 1. The topological polar surface area (TPSA) is 26.3 Å². The van der Waals surface area contributed by atoms with Gasteiger partial charge in [0.15, 0.2) is 23.0 Å². The lowest BCUT2D eigenvalue weighted by atomic mass is 10.1. The van der Waals surface area contributed by atoms with E-state index >= 15 is 0 Å². The van der Waals surface area contributed by atoms with Crippen LogP contribution >= 0.6 is 23.0 Å². The molecule has 3 heteroatoms. The van der Waals surface area contributed by atoms with Crippen LogP contribution in [0.1, 0.15) is 15.9 Å². The van der Waals surface area contributed by atoms with Gasteiger partial charge in [0.1, 0.15) is 0 Å². The molecule has 0 aliphatic heterocycles. The van der Waals surface area contributed by atoms with Crippen molar-refractivity contribution in [3.8, 4) is 0 Å². The van der Waals surface area contributed by atoms with Gasteiger partial charge in [-0.2, -0.15) is 0 Å². The zero-order valence-corrected chi connectivity index (χ0v) is 8.16. The fraction of sp³-hybridized carbons (Fsp3) is 0.125. The van der Waals surface area contributed by atoms with Gasteiger partial charge >= 0.3 is 5.97 Å². The molecular formula is C8H7IO2. The smallest absolute Gasteiger partial charge is 0.347 e. The van der Waals surface area contributed by atoms with Gasteiger partial charge in [-0.1, -0.05) is 18.2 Å². The van der Waals surface area contributed by atoms with Crippen molar-refractivity contribution in [2.45, 2.75) is 6.92 Å². The van der Waals surface area contributed by atoms with Crippen molar-refractivity contribution in [1.29, 1.82) is 0 Å². The van der Waals surface area contributed by atoms with Crippen LogP contribution in [-0.2, 0) is 3.07 Å². The van der Waals surface area contributed by atoms with Gasteiger partial charge < -0.3 is 3.07 Å². The first-order valence-electron chi connectivity index (χ1n) is 3.14. The zero-order chi connectivity index (χ0) is 8.27. The summed E-state index contributed by atoms with van der Waals surface area (Å²) in [6.45, 7) is 1.88. The van der Waals surface area contributed by atoms with Crippen LogP contribution in [0.4, 0.5) is 0 Å². The summed E-state index contributed by atoms with van der Waals surface area (Å²) in [5.41, 5.74) is 1.57. The Hall–Kier alpha value is -0.580. The molecule has 0 bridgehead atoms. The van der Waals surface area contributed by atoms with E-state index in [1.807, 2.05) is 25.1 Å². The Morgan fingerprint density at radius 1 is 1.45 bits per heavy atom. The summed E-state index contributed by atoms with van der Waals surface area (Å²) in [5.74, 6) is -0.288. The molecule has 2 nitrogen and oxygen atoms in total. The van der Waals surface area contributed by atoms with E-state index in [1.165, 1.54) is 0 Å². The van der Waals surface area contributed by atoms with E-state index in [1.54, 1.807) is 29.1 Å². The highest BCUT2D eigenvalue weighted by molar-refractivity contribution is 14.1. The van der Waals surface area contributed by atoms with Crippen LogP contribution in [0, 0.1) is 6.92 Å². The monoisotopic (exact) mass is 262 g/mol. The van der Waals surface area contributed by atoms with E-state index in [-0.39, 0.29) is 5.97 Å². The lowest BCUT2D eigenvalue weighted by Crippen LogP contribution is -1.99. The average Bonchev–Trinajstić information content (AvgIpc) is 2.04. The first-order chi connectivity index (χ1) is 5.25. The number of carbonyl (C=O) groups is 1. The molecule has 0 saturated carbocycles. The number of rotatable bonds is 1. The second-order valence-corrected chi connectivity index (χ2v) is 2.62. The Morgan fingerprint density at radius 3 is 2.64 bits per heavy atom. The Balaban J connectivity index is 3.03. The number of halogens is 1. The quantitative estimate of drug-likeness (QED) is 0.727. The summed E-state index contributed by atoms with van der Waals surface area (Å²) < 4.78 is 4.55. The van der Waals surface area contributed by atoms with Crippen LogP contribution in [0.2, 0.25) is 0 Å². The minimum atomic E-state index is -0.288. The standard InChI is InChI=1S/C8H7IO2/c1-6-4-2-3-5-7(6)8(10)11-9/h2-5H,1H3. The second-order valence-electron chi connectivity index (χ2n) is 2.18. The molecule has 1 rings (SSSR count). The molecule has 1 aromatic rings. The van der Waals surface area contributed by atoms with Gasteiger partial charge in [-0.3, -0.25) is 0 Å². The van der Waals surface area contributed by atoms with Crippen molar-refractivity contribution in [3.63, 3.8) is 0 Å². The summed E-state index contributed by atoms with van der Waals surface area (Å²) >= 11 is 1.58. The van der Waals surface area contributed by atoms with Crippen molar-refractivity contribution >= 4 is 29.0 Å². The molecule has 0 radical (unpaired) electrons. The van der Waals surface area contributed by atoms with Gasteiger partial charge in [-0.05, 0) is 18.6 Å². The second kappa shape index (κ2) is 3.71. The summed E-state index contributed by atoms with van der Waals surface area (Å²) in [7, 11) is 0. The highest BCUT2D eigenvalue weighted by atomic mass is 127. The lowest BCUT2D eigenvalue weighted by Gasteiger charge is -1.99. The first-order valence-corrected chi connectivity index (χ1v) is 4.02. The van der Waals surface area contributed by atoms with Gasteiger partial charge in [0, 0.05) is 0 Å². The van der Waals surface area contributed by atoms with Crippen molar-refractivity contribution in [3.05, 3.63) is 35.4 Å². The Labute approximate surface area is 79.2 Å². The van der Waals surface area contributed by atoms with E-state index in [0.29, 0.717) is 5.56 Å². The van der Waals surface area contributed by atoms with Crippen molar-refractivity contribution in [2.75, 3.05) is 0 Å². The fourth-order valence-corrected chi connectivity index (χ4v) is 1.08. The van der Waals surface area contributed by atoms with Crippen LogP contribution in [-0.4, -0.2) is 5.97 Å². The normalized spacial score (nSPS) is 9.27. The van der Waals surface area contributed by atoms with E-state index in [0.717, 1.165) is 5.56 Å². The van der Waals surface area contributed by atoms with Crippen molar-refractivity contribution in [1.82, 2.24) is 0 Å². The molecule has 58 valence electrons. The first kappa shape index (κ1) is 8.52. The Bertz CT molecular complexity index is 271. The molecule has 0 unspecified atom stereocenters. The molecule has 1 aromatic carbocycles. The number of hydrogen-bond acceptors (Lipinski definition) is 2. The van der Waals surface area contributed by atoms with Crippen LogP contribution in [0.25, 0.3) is 0 Å². The largest absolute Gasteiger partial charge is 0.391 e. The summed E-state index contributed by atoms with van der Waals surface area (Å²) in [5, 5.41) is 0. The molecule has 0 N–H and O–H groups in total. The third-order valence-corrected chi connectivity index (χ3v) is 1.84. The maximum atomic E-state index is 11.0. The summed E-state index contributed by atoms with van der Waals surface area (Å²) in [4.78, 5) is 11.0. The minimum absolute atomic E-state index is 0.288.